The van der Waals surface area contributed by atoms with Gasteiger partial charge in [0, 0.05) is 5.92 Å². The van der Waals surface area contributed by atoms with Crippen LogP contribution in [0.25, 0.3) is 0 Å². The van der Waals surface area contributed by atoms with Gasteiger partial charge in [-0.1, -0.05) is 50.2 Å². The molecule has 0 amide bonds. The molecule has 2 aromatic carbocycles. The minimum absolute atomic E-state index is 0.0590. The molecule has 0 saturated heterocycles. The Morgan fingerprint density at radius 2 is 1.30 bits per heavy atom. The molecular formula is C23H28O4. The summed E-state index contributed by atoms with van der Waals surface area (Å²) in [6.45, 7) is 7.74. The van der Waals surface area contributed by atoms with Gasteiger partial charge in [0.15, 0.2) is 0 Å². The van der Waals surface area contributed by atoms with Gasteiger partial charge in [0.05, 0.1) is 11.1 Å². The number of carbonyl (C=O) groups excluding carboxylic acids is 2. The molecule has 2 atom stereocenters. The largest absolute Gasteiger partial charge is 0.455 e. The number of rotatable bonds is 8. The highest BCUT2D eigenvalue weighted by Crippen LogP contribution is 2.34. The van der Waals surface area contributed by atoms with Gasteiger partial charge in [0.2, 0.25) is 0 Å². The molecule has 27 heavy (non-hydrogen) atoms. The molecule has 0 aliphatic heterocycles. The van der Waals surface area contributed by atoms with E-state index in [1.165, 1.54) is 0 Å². The second kappa shape index (κ2) is 9.36. The van der Waals surface area contributed by atoms with Crippen LogP contribution in [-0.2, 0) is 9.47 Å². The molecule has 0 N–H and O–H groups in total. The quantitative estimate of drug-likeness (QED) is 0.595. The van der Waals surface area contributed by atoms with E-state index in [1.807, 2.05) is 19.1 Å². The van der Waals surface area contributed by atoms with Gasteiger partial charge >= 0.3 is 11.9 Å². The Bertz CT molecular complexity index is 737. The standard InChI is InChI=1S/C23H28O4/c1-5-20(6-2)23(4,27-22(25)19-15-11-8-12-16-19)17(3)26-21(24)18-13-9-7-10-14-18/h7-17,20H,5-6H2,1-4H3. The molecule has 0 aromatic heterocycles. The van der Waals surface area contributed by atoms with Crippen molar-refractivity contribution in [2.75, 3.05) is 0 Å². The highest BCUT2D eigenvalue weighted by molar-refractivity contribution is 5.90. The molecule has 0 bridgehead atoms. The van der Waals surface area contributed by atoms with Gasteiger partial charge in [0.25, 0.3) is 0 Å². The van der Waals surface area contributed by atoms with Crippen LogP contribution in [0, 0.1) is 5.92 Å². The lowest BCUT2D eigenvalue weighted by atomic mass is 9.80. The Morgan fingerprint density at radius 3 is 1.74 bits per heavy atom. The highest BCUT2D eigenvalue weighted by atomic mass is 16.6. The van der Waals surface area contributed by atoms with Crippen LogP contribution < -0.4 is 0 Å². The topological polar surface area (TPSA) is 52.6 Å². The van der Waals surface area contributed by atoms with Crippen molar-refractivity contribution in [3.05, 3.63) is 71.8 Å². The zero-order valence-electron chi connectivity index (χ0n) is 16.5. The van der Waals surface area contributed by atoms with E-state index in [0.717, 1.165) is 12.8 Å². The summed E-state index contributed by atoms with van der Waals surface area (Å²) in [5, 5.41) is 0. The van der Waals surface area contributed by atoms with E-state index in [-0.39, 0.29) is 5.92 Å². The SMILES string of the molecule is CCC(CC)C(C)(OC(=O)c1ccccc1)C(C)OC(=O)c1ccccc1. The Kier molecular flexibility index (Phi) is 7.17. The molecule has 0 saturated carbocycles. The van der Waals surface area contributed by atoms with E-state index in [2.05, 4.69) is 13.8 Å². The van der Waals surface area contributed by atoms with E-state index in [0.29, 0.717) is 11.1 Å². The zero-order valence-corrected chi connectivity index (χ0v) is 16.5. The summed E-state index contributed by atoms with van der Waals surface area (Å²) in [7, 11) is 0. The second-order valence-corrected chi connectivity index (χ2v) is 6.87. The van der Waals surface area contributed by atoms with Gasteiger partial charge in [-0.3, -0.25) is 0 Å². The molecule has 0 spiro atoms. The van der Waals surface area contributed by atoms with Crippen molar-refractivity contribution in [2.24, 2.45) is 5.92 Å². The summed E-state index contributed by atoms with van der Waals surface area (Å²) < 4.78 is 11.7. The van der Waals surface area contributed by atoms with Crippen LogP contribution in [0.1, 0.15) is 61.3 Å². The van der Waals surface area contributed by atoms with Crippen molar-refractivity contribution < 1.29 is 19.1 Å². The summed E-state index contributed by atoms with van der Waals surface area (Å²) in [4.78, 5) is 25.2. The summed E-state index contributed by atoms with van der Waals surface area (Å²) in [5.74, 6) is -0.771. The summed E-state index contributed by atoms with van der Waals surface area (Å²) in [6, 6.07) is 17.7. The normalized spacial score (nSPS) is 14.3. The van der Waals surface area contributed by atoms with Gasteiger partial charge in [-0.05, 0) is 51.0 Å². The first-order chi connectivity index (χ1) is 12.9. The molecule has 2 rings (SSSR count). The van der Waals surface area contributed by atoms with Crippen molar-refractivity contribution in [3.8, 4) is 0 Å². The smallest absolute Gasteiger partial charge is 0.338 e. The van der Waals surface area contributed by atoms with Gasteiger partial charge in [0.1, 0.15) is 11.7 Å². The maximum absolute atomic E-state index is 12.7. The third kappa shape index (κ3) is 4.97. The monoisotopic (exact) mass is 368 g/mol. The molecule has 0 heterocycles. The van der Waals surface area contributed by atoms with Gasteiger partial charge < -0.3 is 9.47 Å². The first kappa shape index (κ1) is 20.7. The lowest BCUT2D eigenvalue weighted by molar-refractivity contribution is -0.113. The zero-order chi connectivity index (χ0) is 19.9. The van der Waals surface area contributed by atoms with E-state index in [4.69, 9.17) is 9.47 Å². The average Bonchev–Trinajstić information content (AvgIpc) is 2.70. The Labute approximate surface area is 161 Å². The van der Waals surface area contributed by atoms with Crippen LogP contribution in [0.3, 0.4) is 0 Å². The minimum atomic E-state index is -0.930. The lowest BCUT2D eigenvalue weighted by Gasteiger charge is -2.40. The molecule has 0 radical (unpaired) electrons. The fraction of sp³-hybridized carbons (Fsp3) is 0.391. The molecular weight excluding hydrogens is 340 g/mol. The predicted molar refractivity (Wildman–Crippen MR) is 106 cm³/mol. The second-order valence-electron chi connectivity index (χ2n) is 6.87. The Morgan fingerprint density at radius 1 is 0.852 bits per heavy atom. The third-order valence-corrected chi connectivity index (χ3v) is 5.22. The maximum Gasteiger partial charge on any atom is 0.338 e. The summed E-state index contributed by atoms with van der Waals surface area (Å²) >= 11 is 0. The number of hydrogen-bond donors (Lipinski definition) is 0. The fourth-order valence-corrected chi connectivity index (χ4v) is 3.35. The van der Waals surface area contributed by atoms with Gasteiger partial charge in [-0.25, -0.2) is 9.59 Å². The maximum atomic E-state index is 12.7. The molecule has 4 nitrogen and oxygen atoms in total. The minimum Gasteiger partial charge on any atom is -0.455 e. The highest BCUT2D eigenvalue weighted by Gasteiger charge is 2.43. The number of esters is 2. The molecule has 0 aliphatic rings. The molecule has 144 valence electrons. The van der Waals surface area contributed by atoms with E-state index >= 15 is 0 Å². The number of benzene rings is 2. The van der Waals surface area contributed by atoms with Crippen molar-refractivity contribution in [1.82, 2.24) is 0 Å². The van der Waals surface area contributed by atoms with Crippen molar-refractivity contribution in [2.45, 2.75) is 52.2 Å². The third-order valence-electron chi connectivity index (χ3n) is 5.22. The van der Waals surface area contributed by atoms with E-state index in [9.17, 15) is 9.59 Å². The Hall–Kier alpha value is -2.62. The first-order valence-electron chi connectivity index (χ1n) is 9.46. The molecule has 2 aromatic rings. The Balaban J connectivity index is 2.24. The van der Waals surface area contributed by atoms with E-state index in [1.54, 1.807) is 55.5 Å². The molecule has 2 unspecified atom stereocenters. The van der Waals surface area contributed by atoms with Crippen molar-refractivity contribution in [1.29, 1.82) is 0 Å². The lowest BCUT2D eigenvalue weighted by Crippen LogP contribution is -2.50. The van der Waals surface area contributed by atoms with Crippen LogP contribution in [0.15, 0.2) is 60.7 Å². The fourth-order valence-electron chi connectivity index (χ4n) is 3.35. The summed E-state index contributed by atoms with van der Waals surface area (Å²) in [6.07, 6.45) is 1.02. The number of ether oxygens (including phenoxy) is 2. The summed E-state index contributed by atoms with van der Waals surface area (Å²) in [5.41, 5.74) is 0.0304. The number of hydrogen-bond acceptors (Lipinski definition) is 4. The molecule has 4 heteroatoms. The van der Waals surface area contributed by atoms with Crippen molar-refractivity contribution >= 4 is 11.9 Å². The first-order valence-corrected chi connectivity index (χ1v) is 9.46. The van der Waals surface area contributed by atoms with Crippen molar-refractivity contribution in [3.63, 3.8) is 0 Å². The molecule has 0 aliphatic carbocycles. The predicted octanol–water partition coefficient (Wildman–Crippen LogP) is 5.28. The van der Waals surface area contributed by atoms with Crippen LogP contribution >= 0.6 is 0 Å². The van der Waals surface area contributed by atoms with Crippen LogP contribution in [0.5, 0.6) is 0 Å². The van der Waals surface area contributed by atoms with Crippen LogP contribution in [0.2, 0.25) is 0 Å². The van der Waals surface area contributed by atoms with Gasteiger partial charge in [-0.15, -0.1) is 0 Å². The number of carbonyl (C=O) groups is 2. The van der Waals surface area contributed by atoms with Crippen LogP contribution in [0.4, 0.5) is 0 Å². The average molecular weight is 368 g/mol. The van der Waals surface area contributed by atoms with Crippen LogP contribution in [-0.4, -0.2) is 23.6 Å². The molecule has 0 fully saturated rings. The van der Waals surface area contributed by atoms with Gasteiger partial charge in [-0.2, -0.15) is 0 Å². The van der Waals surface area contributed by atoms with E-state index < -0.39 is 23.6 Å².